The van der Waals surface area contributed by atoms with Crippen LogP contribution < -0.4 is 21.1 Å². The second-order valence-corrected chi connectivity index (χ2v) is 5.61. The number of hydrogen-bond donors (Lipinski definition) is 3. The van der Waals surface area contributed by atoms with E-state index < -0.39 is 0 Å². The Morgan fingerprint density at radius 2 is 1.84 bits per heavy atom. The molecule has 0 bridgehead atoms. The highest BCUT2D eigenvalue weighted by Crippen LogP contribution is 2.23. The van der Waals surface area contributed by atoms with Crippen molar-refractivity contribution in [3.8, 4) is 11.5 Å². The Kier molecular flexibility index (Phi) is 7.05. The summed E-state index contributed by atoms with van der Waals surface area (Å²) in [6.07, 6.45) is 2.11. The van der Waals surface area contributed by atoms with Gasteiger partial charge in [-0.25, -0.2) is 4.99 Å². The SMILES string of the molecule is I.NC(=NCC(=O)NC1CC1)Nc1cccc(Oc2ccccc2)c1. The molecular formula is C18H21IN4O2. The number of aliphatic imine (C=N–C) groups is 1. The van der Waals surface area contributed by atoms with Crippen LogP contribution in [-0.2, 0) is 4.79 Å². The van der Waals surface area contributed by atoms with Crippen LogP contribution in [0.5, 0.6) is 11.5 Å². The van der Waals surface area contributed by atoms with E-state index in [2.05, 4.69) is 15.6 Å². The molecule has 0 saturated heterocycles. The summed E-state index contributed by atoms with van der Waals surface area (Å²) in [7, 11) is 0. The number of halogens is 1. The number of anilines is 1. The van der Waals surface area contributed by atoms with E-state index in [-0.39, 0.29) is 42.4 Å². The number of carbonyl (C=O) groups is 1. The maximum absolute atomic E-state index is 11.6. The minimum absolute atomic E-state index is 0. The smallest absolute Gasteiger partial charge is 0.242 e. The normalized spacial score (nSPS) is 13.5. The number of hydrogen-bond acceptors (Lipinski definition) is 3. The molecule has 25 heavy (non-hydrogen) atoms. The number of amides is 1. The van der Waals surface area contributed by atoms with Crippen LogP contribution in [0.3, 0.4) is 0 Å². The Morgan fingerprint density at radius 1 is 1.12 bits per heavy atom. The van der Waals surface area contributed by atoms with Gasteiger partial charge in [-0.2, -0.15) is 0 Å². The minimum Gasteiger partial charge on any atom is -0.457 e. The highest BCUT2D eigenvalue weighted by atomic mass is 127. The molecule has 3 rings (SSSR count). The third kappa shape index (κ3) is 6.61. The molecule has 0 unspecified atom stereocenters. The number of rotatable bonds is 6. The lowest BCUT2D eigenvalue weighted by atomic mass is 10.3. The maximum atomic E-state index is 11.6. The Morgan fingerprint density at radius 3 is 2.56 bits per heavy atom. The van der Waals surface area contributed by atoms with Crippen molar-refractivity contribution in [3.05, 3.63) is 54.6 Å². The van der Waals surface area contributed by atoms with Crippen molar-refractivity contribution >= 4 is 41.5 Å². The molecule has 2 aromatic carbocycles. The molecule has 1 aliphatic carbocycles. The fourth-order valence-corrected chi connectivity index (χ4v) is 2.11. The largest absolute Gasteiger partial charge is 0.457 e. The predicted molar refractivity (Wildman–Crippen MR) is 110 cm³/mol. The maximum Gasteiger partial charge on any atom is 0.242 e. The fraction of sp³-hybridized carbons (Fsp3) is 0.222. The number of guanidine groups is 1. The molecule has 2 aromatic rings. The molecule has 0 aromatic heterocycles. The summed E-state index contributed by atoms with van der Waals surface area (Å²) in [4.78, 5) is 15.6. The van der Waals surface area contributed by atoms with E-state index in [0.29, 0.717) is 11.8 Å². The summed E-state index contributed by atoms with van der Waals surface area (Å²) < 4.78 is 5.76. The van der Waals surface area contributed by atoms with E-state index >= 15 is 0 Å². The molecule has 0 aliphatic heterocycles. The van der Waals surface area contributed by atoms with Gasteiger partial charge in [-0.1, -0.05) is 24.3 Å². The molecule has 1 saturated carbocycles. The van der Waals surface area contributed by atoms with Gasteiger partial charge in [0.2, 0.25) is 5.91 Å². The number of para-hydroxylation sites is 1. The van der Waals surface area contributed by atoms with E-state index in [9.17, 15) is 4.79 Å². The van der Waals surface area contributed by atoms with E-state index in [0.717, 1.165) is 24.3 Å². The quantitative estimate of drug-likeness (QED) is 0.357. The fourth-order valence-electron chi connectivity index (χ4n) is 2.11. The van der Waals surface area contributed by atoms with Crippen LogP contribution in [0.4, 0.5) is 5.69 Å². The number of nitrogens with one attached hydrogen (secondary N) is 2. The Hall–Kier alpha value is -2.29. The van der Waals surface area contributed by atoms with Crippen molar-refractivity contribution in [2.75, 3.05) is 11.9 Å². The lowest BCUT2D eigenvalue weighted by Gasteiger charge is -2.09. The number of carbonyl (C=O) groups excluding carboxylic acids is 1. The van der Waals surface area contributed by atoms with E-state index in [1.54, 1.807) is 0 Å². The first-order valence-corrected chi connectivity index (χ1v) is 7.88. The second-order valence-electron chi connectivity index (χ2n) is 5.61. The predicted octanol–water partition coefficient (Wildman–Crippen LogP) is 3.10. The zero-order valence-electron chi connectivity index (χ0n) is 13.6. The van der Waals surface area contributed by atoms with Gasteiger partial charge in [-0.05, 0) is 37.1 Å². The summed E-state index contributed by atoms with van der Waals surface area (Å²) >= 11 is 0. The molecule has 1 fully saturated rings. The highest BCUT2D eigenvalue weighted by molar-refractivity contribution is 14.0. The van der Waals surface area contributed by atoms with Gasteiger partial charge < -0.3 is 21.1 Å². The van der Waals surface area contributed by atoms with Crippen LogP contribution in [0.1, 0.15) is 12.8 Å². The summed E-state index contributed by atoms with van der Waals surface area (Å²) in [6, 6.07) is 17.2. The zero-order valence-corrected chi connectivity index (χ0v) is 16.0. The van der Waals surface area contributed by atoms with Crippen molar-refractivity contribution in [3.63, 3.8) is 0 Å². The molecule has 1 aliphatic rings. The van der Waals surface area contributed by atoms with E-state index in [1.807, 2.05) is 54.6 Å². The summed E-state index contributed by atoms with van der Waals surface area (Å²) in [5, 5.41) is 5.82. The van der Waals surface area contributed by atoms with E-state index in [1.165, 1.54) is 0 Å². The second kappa shape index (κ2) is 9.26. The van der Waals surface area contributed by atoms with Crippen molar-refractivity contribution in [1.82, 2.24) is 5.32 Å². The van der Waals surface area contributed by atoms with Gasteiger partial charge in [0, 0.05) is 17.8 Å². The van der Waals surface area contributed by atoms with Gasteiger partial charge >= 0.3 is 0 Å². The van der Waals surface area contributed by atoms with Gasteiger partial charge in [-0.3, -0.25) is 4.79 Å². The first kappa shape index (κ1) is 19.0. The van der Waals surface area contributed by atoms with Gasteiger partial charge in [0.15, 0.2) is 5.96 Å². The number of ether oxygens (including phenoxy) is 1. The first-order valence-electron chi connectivity index (χ1n) is 7.88. The van der Waals surface area contributed by atoms with Crippen LogP contribution in [0, 0.1) is 0 Å². The molecular weight excluding hydrogens is 431 g/mol. The molecule has 7 heteroatoms. The number of nitrogens with zero attached hydrogens (tertiary/aromatic N) is 1. The lowest BCUT2D eigenvalue weighted by Crippen LogP contribution is -2.30. The summed E-state index contributed by atoms with van der Waals surface area (Å²) in [6.45, 7) is 0.0234. The molecule has 1 amide bonds. The van der Waals surface area contributed by atoms with Crippen LogP contribution in [0.2, 0.25) is 0 Å². The molecule has 0 radical (unpaired) electrons. The molecule has 0 atom stereocenters. The van der Waals surface area contributed by atoms with Crippen molar-refractivity contribution < 1.29 is 9.53 Å². The Balaban J connectivity index is 0.00000225. The van der Waals surface area contributed by atoms with Crippen LogP contribution in [0.25, 0.3) is 0 Å². The molecule has 0 spiro atoms. The van der Waals surface area contributed by atoms with E-state index in [4.69, 9.17) is 10.5 Å². The third-order valence-electron chi connectivity index (χ3n) is 3.42. The van der Waals surface area contributed by atoms with Gasteiger partial charge in [0.25, 0.3) is 0 Å². The van der Waals surface area contributed by atoms with Crippen LogP contribution >= 0.6 is 24.0 Å². The standard InChI is InChI=1S/C18H20N4O2.HI/c19-18(20-12-17(23)21-13-9-10-13)22-14-5-4-8-16(11-14)24-15-6-2-1-3-7-15;/h1-8,11,13H,9-10,12H2,(H,21,23)(H3,19,20,22);1H. The number of benzene rings is 2. The van der Waals surface area contributed by atoms with Gasteiger partial charge in [0.05, 0.1) is 0 Å². The molecule has 4 N–H and O–H groups in total. The average Bonchev–Trinajstić information content (AvgIpc) is 3.38. The van der Waals surface area contributed by atoms with Crippen molar-refractivity contribution in [2.45, 2.75) is 18.9 Å². The van der Waals surface area contributed by atoms with Crippen LogP contribution in [-0.4, -0.2) is 24.5 Å². The summed E-state index contributed by atoms with van der Waals surface area (Å²) in [5.41, 5.74) is 6.56. The third-order valence-corrected chi connectivity index (χ3v) is 3.42. The molecule has 0 heterocycles. The highest BCUT2D eigenvalue weighted by Gasteiger charge is 2.22. The molecule has 6 nitrogen and oxygen atoms in total. The molecule has 132 valence electrons. The topological polar surface area (TPSA) is 88.7 Å². The zero-order chi connectivity index (χ0) is 16.8. The Bertz CT molecular complexity index is 733. The lowest BCUT2D eigenvalue weighted by molar-refractivity contribution is -0.119. The monoisotopic (exact) mass is 452 g/mol. The van der Waals surface area contributed by atoms with Gasteiger partial charge in [0.1, 0.15) is 18.0 Å². The van der Waals surface area contributed by atoms with Crippen molar-refractivity contribution in [1.29, 1.82) is 0 Å². The van der Waals surface area contributed by atoms with Crippen molar-refractivity contribution in [2.24, 2.45) is 10.7 Å². The van der Waals surface area contributed by atoms with Gasteiger partial charge in [-0.15, -0.1) is 24.0 Å². The first-order chi connectivity index (χ1) is 11.7. The number of nitrogens with two attached hydrogens (primary N) is 1. The summed E-state index contributed by atoms with van der Waals surface area (Å²) in [5.74, 6) is 1.53. The average molecular weight is 452 g/mol. The minimum atomic E-state index is -0.108. The Labute approximate surface area is 163 Å². The van der Waals surface area contributed by atoms with Crippen LogP contribution in [0.15, 0.2) is 59.6 Å².